The van der Waals surface area contributed by atoms with Gasteiger partial charge in [0.25, 0.3) is 0 Å². The summed E-state index contributed by atoms with van der Waals surface area (Å²) in [6.07, 6.45) is 1.48. The maximum atomic E-state index is 14.5. The minimum absolute atomic E-state index is 0.266. The van der Waals surface area contributed by atoms with Gasteiger partial charge in [0.2, 0.25) is 0 Å². The minimum atomic E-state index is -0.442. The Morgan fingerprint density at radius 2 is 1.71 bits per heavy atom. The van der Waals surface area contributed by atoms with Gasteiger partial charge in [0.05, 0.1) is 19.6 Å². The summed E-state index contributed by atoms with van der Waals surface area (Å²) in [7, 11) is 0. The highest BCUT2D eigenvalue weighted by Crippen LogP contribution is 2.21. The largest absolute Gasteiger partial charge is 0.338 e. The van der Waals surface area contributed by atoms with Crippen LogP contribution in [0.2, 0.25) is 5.02 Å². The fourth-order valence-electron chi connectivity index (χ4n) is 4.05. The van der Waals surface area contributed by atoms with E-state index in [1.807, 2.05) is 54.6 Å². The molecule has 3 aromatic carbocycles. The van der Waals surface area contributed by atoms with E-state index in [9.17, 15) is 13.6 Å². The highest BCUT2D eigenvalue weighted by atomic mass is 35.5. The number of nitrogens with one attached hydrogen (secondary N) is 2. The van der Waals surface area contributed by atoms with Gasteiger partial charge in [0, 0.05) is 35.7 Å². The predicted molar refractivity (Wildman–Crippen MR) is 134 cm³/mol. The molecule has 2 N–H and O–H groups in total. The first-order chi connectivity index (χ1) is 16.4. The molecule has 0 fully saturated rings. The number of quaternary nitrogens is 1. The number of urea groups is 1. The first-order valence-electron chi connectivity index (χ1n) is 11.5. The van der Waals surface area contributed by atoms with Crippen molar-refractivity contribution >= 4 is 23.3 Å². The summed E-state index contributed by atoms with van der Waals surface area (Å²) in [5, 5.41) is 6.37. The van der Waals surface area contributed by atoms with Crippen molar-refractivity contribution in [3.8, 4) is 0 Å². The second-order valence-corrected chi connectivity index (χ2v) is 8.91. The van der Waals surface area contributed by atoms with E-state index in [-0.39, 0.29) is 6.03 Å². The number of carbonyl (C=O) groups excluding carboxylic acids is 1. The molecule has 0 heterocycles. The first-order valence-corrected chi connectivity index (χ1v) is 11.9. The number of rotatable bonds is 11. The zero-order valence-electron chi connectivity index (χ0n) is 19.4. The molecule has 0 saturated heterocycles. The van der Waals surface area contributed by atoms with Crippen molar-refractivity contribution in [3.05, 3.63) is 101 Å². The van der Waals surface area contributed by atoms with Crippen LogP contribution in [0.4, 0.5) is 19.3 Å². The van der Waals surface area contributed by atoms with Gasteiger partial charge < -0.3 is 15.1 Å². The summed E-state index contributed by atoms with van der Waals surface area (Å²) < 4.78 is 28.9. The number of likely N-dealkylation sites (N-methyl/N-ethyl adjacent to an activating group) is 1. The molecule has 0 radical (unpaired) electrons. The number of halogens is 3. The minimum Gasteiger partial charge on any atom is -0.338 e. The molecule has 0 saturated carbocycles. The normalized spacial score (nSPS) is 12.7. The molecule has 0 aliphatic heterocycles. The van der Waals surface area contributed by atoms with Gasteiger partial charge in [-0.3, -0.25) is 0 Å². The maximum Gasteiger partial charge on any atom is 0.319 e. The van der Waals surface area contributed by atoms with Crippen molar-refractivity contribution in [2.75, 3.05) is 31.5 Å². The summed E-state index contributed by atoms with van der Waals surface area (Å²) in [6.45, 7) is 5.14. The summed E-state index contributed by atoms with van der Waals surface area (Å²) in [4.78, 5) is 12.2. The molecule has 180 valence electrons. The van der Waals surface area contributed by atoms with Crippen molar-refractivity contribution in [3.63, 3.8) is 0 Å². The van der Waals surface area contributed by atoms with Crippen LogP contribution in [0.15, 0.2) is 72.8 Å². The van der Waals surface area contributed by atoms with Crippen molar-refractivity contribution in [1.82, 2.24) is 5.32 Å². The molecule has 0 aliphatic carbocycles. The van der Waals surface area contributed by atoms with Crippen LogP contribution in [0.25, 0.3) is 0 Å². The third-order valence-corrected chi connectivity index (χ3v) is 6.35. The number of amides is 2. The lowest BCUT2D eigenvalue weighted by Crippen LogP contribution is -2.50. The Morgan fingerprint density at radius 3 is 2.41 bits per heavy atom. The van der Waals surface area contributed by atoms with E-state index in [1.54, 1.807) is 0 Å². The van der Waals surface area contributed by atoms with Crippen molar-refractivity contribution < 1.29 is 18.1 Å². The number of carbonyl (C=O) groups is 1. The van der Waals surface area contributed by atoms with Gasteiger partial charge in [0.1, 0.15) is 18.2 Å². The van der Waals surface area contributed by atoms with E-state index < -0.39 is 11.6 Å². The zero-order valence-corrected chi connectivity index (χ0v) is 20.1. The molecule has 7 heteroatoms. The smallest absolute Gasteiger partial charge is 0.319 e. The monoisotopic (exact) mass is 486 g/mol. The second kappa shape index (κ2) is 12.5. The Kier molecular flexibility index (Phi) is 9.42. The Morgan fingerprint density at radius 1 is 0.971 bits per heavy atom. The molecule has 1 atom stereocenters. The number of benzene rings is 3. The molecule has 0 spiro atoms. The lowest BCUT2D eigenvalue weighted by Gasteiger charge is -2.38. The Labute approximate surface area is 205 Å². The molecule has 0 bridgehead atoms. The van der Waals surface area contributed by atoms with Gasteiger partial charge in [-0.25, -0.2) is 13.6 Å². The molecule has 3 aromatic rings. The summed E-state index contributed by atoms with van der Waals surface area (Å²) in [5.41, 5.74) is 2.23. The summed E-state index contributed by atoms with van der Waals surface area (Å²) in [5.74, 6) is -0.841. The van der Waals surface area contributed by atoms with Gasteiger partial charge in [-0.2, -0.15) is 0 Å². The predicted octanol–water partition coefficient (Wildman–Crippen LogP) is 6.41. The van der Waals surface area contributed by atoms with Crippen LogP contribution in [-0.4, -0.2) is 36.7 Å². The van der Waals surface area contributed by atoms with E-state index in [0.29, 0.717) is 41.1 Å². The average molecular weight is 487 g/mol. The topological polar surface area (TPSA) is 41.1 Å². The number of hydrogen-bond donors (Lipinski definition) is 2. The van der Waals surface area contributed by atoms with Crippen LogP contribution in [-0.2, 0) is 13.0 Å². The average Bonchev–Trinajstić information content (AvgIpc) is 2.84. The zero-order chi connectivity index (χ0) is 24.4. The van der Waals surface area contributed by atoms with Gasteiger partial charge in [-0.15, -0.1) is 0 Å². The standard InChI is InChI=1S/C27H30ClF2N3O/c1-2-33(18-15-21-9-11-23(28)12-10-21,20-22-19-24(29)13-14-26(22)30)17-6-16-31-27(34)32-25-7-4-3-5-8-25/h3-5,7-14,19H,2,6,15-18,20H2,1H3,(H-,31,32,34)/p+1. The molecule has 3 rings (SSSR count). The van der Waals surface area contributed by atoms with Crippen LogP contribution >= 0.6 is 11.6 Å². The number of para-hydroxylation sites is 1. The maximum absolute atomic E-state index is 14.5. The molecule has 0 aromatic heterocycles. The second-order valence-electron chi connectivity index (χ2n) is 8.48. The van der Waals surface area contributed by atoms with Crippen LogP contribution in [0.1, 0.15) is 24.5 Å². The van der Waals surface area contributed by atoms with E-state index >= 15 is 0 Å². The first kappa shape index (κ1) is 25.7. The van der Waals surface area contributed by atoms with E-state index in [2.05, 4.69) is 17.6 Å². The van der Waals surface area contributed by atoms with Gasteiger partial charge in [0.15, 0.2) is 0 Å². The molecule has 2 amide bonds. The van der Waals surface area contributed by atoms with Gasteiger partial charge >= 0.3 is 6.03 Å². The third kappa shape index (κ3) is 7.82. The fourth-order valence-corrected chi connectivity index (χ4v) is 4.18. The number of nitrogens with zero attached hydrogens (tertiary/aromatic N) is 1. The molecule has 4 nitrogen and oxygen atoms in total. The van der Waals surface area contributed by atoms with Gasteiger partial charge in [-0.05, 0) is 55.0 Å². The molecule has 0 aliphatic rings. The molecular weight excluding hydrogens is 456 g/mol. The quantitative estimate of drug-likeness (QED) is 0.238. The van der Waals surface area contributed by atoms with E-state index in [1.165, 1.54) is 12.1 Å². The Balaban J connectivity index is 1.64. The fraction of sp³-hybridized carbons (Fsp3) is 0.296. The number of hydrogen-bond acceptors (Lipinski definition) is 1. The van der Waals surface area contributed by atoms with Crippen LogP contribution in [0.3, 0.4) is 0 Å². The molecule has 1 unspecified atom stereocenters. The summed E-state index contributed by atoms with van der Waals surface area (Å²) >= 11 is 6.01. The van der Waals surface area contributed by atoms with Crippen molar-refractivity contribution in [2.45, 2.75) is 26.3 Å². The lowest BCUT2D eigenvalue weighted by atomic mass is 10.1. The highest BCUT2D eigenvalue weighted by Gasteiger charge is 2.27. The highest BCUT2D eigenvalue weighted by molar-refractivity contribution is 6.30. The Bertz CT molecular complexity index is 1060. The third-order valence-electron chi connectivity index (χ3n) is 6.10. The molecular formula is C27H31ClF2N3O+. The van der Waals surface area contributed by atoms with Crippen molar-refractivity contribution in [1.29, 1.82) is 0 Å². The molecule has 34 heavy (non-hydrogen) atoms. The van der Waals surface area contributed by atoms with Gasteiger partial charge in [-0.1, -0.05) is 41.9 Å². The van der Waals surface area contributed by atoms with Crippen molar-refractivity contribution in [2.24, 2.45) is 0 Å². The van der Waals surface area contributed by atoms with Crippen LogP contribution in [0.5, 0.6) is 0 Å². The lowest BCUT2D eigenvalue weighted by molar-refractivity contribution is -0.939. The summed E-state index contributed by atoms with van der Waals surface area (Å²) in [6, 6.07) is 20.3. The van der Waals surface area contributed by atoms with Crippen LogP contribution < -0.4 is 10.6 Å². The van der Waals surface area contributed by atoms with E-state index in [0.717, 1.165) is 36.8 Å². The van der Waals surface area contributed by atoms with E-state index in [4.69, 9.17) is 11.6 Å². The number of anilines is 1. The SMILES string of the molecule is CC[N+](CCCNC(=O)Nc1ccccc1)(CCc1ccc(Cl)cc1)Cc1cc(F)ccc1F. The van der Waals surface area contributed by atoms with Crippen LogP contribution in [0, 0.1) is 11.6 Å². The Hall–Kier alpha value is -2.96.